The van der Waals surface area contributed by atoms with Crippen LogP contribution in [-0.2, 0) is 16.8 Å². The van der Waals surface area contributed by atoms with Crippen molar-refractivity contribution in [2.45, 2.75) is 38.0 Å². The van der Waals surface area contributed by atoms with Crippen LogP contribution in [0, 0.1) is 5.92 Å². The van der Waals surface area contributed by atoms with Gasteiger partial charge in [0.2, 0.25) is 0 Å². The number of carbonyl (C=O) groups excluding carboxylic acids is 1. The van der Waals surface area contributed by atoms with Crippen molar-refractivity contribution in [2.24, 2.45) is 16.6 Å². The molecule has 0 bridgehead atoms. The van der Waals surface area contributed by atoms with Crippen LogP contribution in [0.25, 0.3) is 0 Å². The third-order valence-corrected chi connectivity index (χ3v) is 6.90. The zero-order chi connectivity index (χ0) is 20.6. The van der Waals surface area contributed by atoms with E-state index in [-0.39, 0.29) is 17.7 Å². The van der Waals surface area contributed by atoms with Gasteiger partial charge in [-0.1, -0.05) is 11.8 Å². The number of nitrogens with one attached hydrogen (secondary N) is 1. The summed E-state index contributed by atoms with van der Waals surface area (Å²) >= 11 is 2.92. The van der Waals surface area contributed by atoms with Gasteiger partial charge in [-0.3, -0.25) is 9.48 Å². The molecular weight excluding hydrogens is 422 g/mol. The number of carbonyl (C=O) groups is 1. The smallest absolute Gasteiger partial charge is 0.277 e. The van der Waals surface area contributed by atoms with Gasteiger partial charge in [-0.05, 0) is 19.4 Å². The zero-order valence-corrected chi connectivity index (χ0v) is 17.2. The number of aromatic nitrogens is 3. The lowest BCUT2D eigenvalue weighted by Gasteiger charge is -2.44. The topological polar surface area (TPSA) is 107 Å². The molecule has 0 radical (unpaired) electrons. The first-order valence-electron chi connectivity index (χ1n) is 9.04. The highest BCUT2D eigenvalue weighted by Gasteiger charge is 2.49. The quantitative estimate of drug-likeness (QED) is 0.737. The van der Waals surface area contributed by atoms with Gasteiger partial charge in [0, 0.05) is 23.2 Å². The van der Waals surface area contributed by atoms with Crippen LogP contribution in [0.2, 0.25) is 0 Å². The SMILES string of the molecule is CC1CC2CSC(N)=NC2(c2nc(NC(=O)c3ccn(CC(F)F)n3)cs2)CO1. The number of aliphatic imine (C=N–C) groups is 1. The Morgan fingerprint density at radius 3 is 3.17 bits per heavy atom. The fourth-order valence-corrected chi connectivity index (χ4v) is 5.49. The number of thioether (sulfide) groups is 1. The molecule has 1 fully saturated rings. The number of thiazole rings is 1. The lowest BCUT2D eigenvalue weighted by Crippen LogP contribution is -2.49. The van der Waals surface area contributed by atoms with Gasteiger partial charge in [0.1, 0.15) is 22.9 Å². The number of amidine groups is 1. The van der Waals surface area contributed by atoms with Crippen molar-refractivity contribution < 1.29 is 18.3 Å². The molecule has 1 saturated heterocycles. The Morgan fingerprint density at radius 1 is 1.55 bits per heavy atom. The maximum absolute atomic E-state index is 12.4. The lowest BCUT2D eigenvalue weighted by atomic mass is 9.80. The van der Waals surface area contributed by atoms with Crippen LogP contribution in [0.4, 0.5) is 14.6 Å². The Kier molecular flexibility index (Phi) is 5.58. The molecule has 2 aromatic heterocycles. The third-order valence-electron chi connectivity index (χ3n) is 4.94. The van der Waals surface area contributed by atoms with Gasteiger partial charge < -0.3 is 15.8 Å². The van der Waals surface area contributed by atoms with E-state index in [1.54, 1.807) is 5.38 Å². The number of anilines is 1. The maximum atomic E-state index is 12.4. The van der Waals surface area contributed by atoms with Crippen molar-refractivity contribution in [1.82, 2.24) is 14.8 Å². The molecule has 0 saturated carbocycles. The van der Waals surface area contributed by atoms with E-state index in [0.717, 1.165) is 21.9 Å². The number of alkyl halides is 2. The van der Waals surface area contributed by atoms with Crippen LogP contribution < -0.4 is 11.1 Å². The Labute approximate surface area is 173 Å². The minimum Gasteiger partial charge on any atom is -0.379 e. The molecular formula is C17H20F2N6O2S2. The highest BCUT2D eigenvalue weighted by molar-refractivity contribution is 8.13. The Hall–Kier alpha value is -2.05. The monoisotopic (exact) mass is 442 g/mol. The van der Waals surface area contributed by atoms with E-state index < -0.39 is 24.4 Å². The van der Waals surface area contributed by atoms with Crippen LogP contribution in [0.5, 0.6) is 0 Å². The van der Waals surface area contributed by atoms with Crippen molar-refractivity contribution in [3.05, 3.63) is 28.3 Å². The summed E-state index contributed by atoms with van der Waals surface area (Å²) in [5, 5.41) is 9.49. The van der Waals surface area contributed by atoms with Crippen LogP contribution in [0.3, 0.4) is 0 Å². The number of hydrogen-bond donors (Lipinski definition) is 2. The maximum Gasteiger partial charge on any atom is 0.277 e. The van der Waals surface area contributed by atoms with E-state index in [1.165, 1.54) is 35.4 Å². The molecule has 3 N–H and O–H groups in total. The number of amides is 1. The second-order valence-electron chi connectivity index (χ2n) is 7.05. The molecule has 4 rings (SSSR count). The molecule has 2 aliphatic heterocycles. The number of ether oxygens (including phenoxy) is 1. The molecule has 0 spiro atoms. The van der Waals surface area contributed by atoms with Gasteiger partial charge >= 0.3 is 0 Å². The number of nitrogens with two attached hydrogens (primary N) is 1. The molecule has 2 aliphatic rings. The van der Waals surface area contributed by atoms with Crippen LogP contribution in [-0.4, -0.2) is 50.7 Å². The van der Waals surface area contributed by atoms with Gasteiger partial charge in [0.05, 0.1) is 12.7 Å². The number of nitrogens with zero attached hydrogens (tertiary/aromatic N) is 4. The summed E-state index contributed by atoms with van der Waals surface area (Å²) in [7, 11) is 0. The van der Waals surface area contributed by atoms with Crippen LogP contribution in [0.1, 0.15) is 28.8 Å². The summed E-state index contributed by atoms with van der Waals surface area (Å²) < 4.78 is 31.8. The Balaban J connectivity index is 1.52. The van der Waals surface area contributed by atoms with Crippen molar-refractivity contribution in [3.63, 3.8) is 0 Å². The van der Waals surface area contributed by atoms with Gasteiger partial charge in [-0.2, -0.15) is 5.10 Å². The van der Waals surface area contributed by atoms with E-state index in [2.05, 4.69) is 15.4 Å². The molecule has 0 aromatic carbocycles. The minimum absolute atomic E-state index is 0.0439. The van der Waals surface area contributed by atoms with Gasteiger partial charge in [-0.25, -0.2) is 18.8 Å². The van der Waals surface area contributed by atoms with Gasteiger partial charge in [0.15, 0.2) is 10.9 Å². The average Bonchev–Trinajstić information content (AvgIpc) is 3.31. The largest absolute Gasteiger partial charge is 0.379 e. The molecule has 1 amide bonds. The van der Waals surface area contributed by atoms with E-state index in [0.29, 0.717) is 17.6 Å². The molecule has 0 aliphatic carbocycles. The summed E-state index contributed by atoms with van der Waals surface area (Å²) in [4.78, 5) is 21.7. The summed E-state index contributed by atoms with van der Waals surface area (Å²) in [5.74, 6) is 0.923. The van der Waals surface area contributed by atoms with Crippen LogP contribution >= 0.6 is 23.1 Å². The fraction of sp³-hybridized carbons (Fsp3) is 0.529. The van der Waals surface area contributed by atoms with Crippen molar-refractivity contribution in [2.75, 3.05) is 17.7 Å². The molecule has 4 heterocycles. The van der Waals surface area contributed by atoms with Crippen molar-refractivity contribution in [3.8, 4) is 0 Å². The predicted molar refractivity (Wildman–Crippen MR) is 108 cm³/mol. The molecule has 3 unspecified atom stereocenters. The molecule has 29 heavy (non-hydrogen) atoms. The highest BCUT2D eigenvalue weighted by Crippen LogP contribution is 2.46. The first kappa shape index (κ1) is 20.2. The Morgan fingerprint density at radius 2 is 2.38 bits per heavy atom. The number of rotatable bonds is 5. The summed E-state index contributed by atoms with van der Waals surface area (Å²) in [6.07, 6.45) is -0.200. The minimum atomic E-state index is -2.54. The lowest BCUT2D eigenvalue weighted by molar-refractivity contribution is -0.0466. The number of fused-ring (bicyclic) bond motifs is 1. The van der Waals surface area contributed by atoms with E-state index >= 15 is 0 Å². The van der Waals surface area contributed by atoms with Gasteiger partial charge in [-0.15, -0.1) is 11.3 Å². The molecule has 156 valence electrons. The normalized spacial score (nSPS) is 26.8. The summed E-state index contributed by atoms with van der Waals surface area (Å²) in [6, 6.07) is 1.39. The fourth-order valence-electron chi connectivity index (χ4n) is 3.52. The van der Waals surface area contributed by atoms with E-state index in [4.69, 9.17) is 15.5 Å². The molecule has 2 aromatic rings. The summed E-state index contributed by atoms with van der Waals surface area (Å²) in [6.45, 7) is 1.86. The zero-order valence-electron chi connectivity index (χ0n) is 15.5. The second kappa shape index (κ2) is 8.00. The van der Waals surface area contributed by atoms with E-state index in [1.807, 2.05) is 6.92 Å². The Bertz CT molecular complexity index is 933. The first-order valence-corrected chi connectivity index (χ1v) is 10.9. The first-order chi connectivity index (χ1) is 13.9. The highest BCUT2D eigenvalue weighted by atomic mass is 32.2. The van der Waals surface area contributed by atoms with Crippen molar-refractivity contribution >= 4 is 40.0 Å². The predicted octanol–water partition coefficient (Wildman–Crippen LogP) is 2.54. The average molecular weight is 443 g/mol. The van der Waals surface area contributed by atoms with Crippen LogP contribution in [0.15, 0.2) is 22.6 Å². The summed E-state index contributed by atoms with van der Waals surface area (Å²) in [5.41, 5.74) is 5.40. The number of halogens is 2. The standard InChI is InChI=1S/C17H20F2N6O2S2/c1-9-4-10-6-29-16(20)23-17(10,8-27-9)15-22-13(7-28-15)21-14(26)11-2-3-25(24-11)5-12(18)19/h2-3,7,9-10,12H,4-6,8H2,1H3,(H2,20,23)(H,21,26). The third kappa shape index (κ3) is 4.14. The van der Waals surface area contributed by atoms with Gasteiger partial charge in [0.25, 0.3) is 12.3 Å². The van der Waals surface area contributed by atoms with Crippen molar-refractivity contribution in [1.29, 1.82) is 0 Å². The molecule has 3 atom stereocenters. The number of hydrogen-bond acceptors (Lipinski definition) is 8. The molecule has 8 nitrogen and oxygen atoms in total. The van der Waals surface area contributed by atoms with E-state index in [9.17, 15) is 13.6 Å². The second-order valence-corrected chi connectivity index (χ2v) is 8.94. The molecule has 12 heteroatoms.